The van der Waals surface area contributed by atoms with Crippen molar-refractivity contribution in [2.24, 2.45) is 17.8 Å². The lowest BCUT2D eigenvalue weighted by Crippen LogP contribution is -2.18. The zero-order valence-electron chi connectivity index (χ0n) is 41.3. The number of H-pyrrole nitrogens is 2. The number of hydrogen-bond donors (Lipinski definition) is 4. The molecule has 3 aromatic rings. The van der Waals surface area contributed by atoms with E-state index in [2.05, 4.69) is 64.5 Å². The highest BCUT2D eigenvalue weighted by molar-refractivity contribution is 5.96. The van der Waals surface area contributed by atoms with E-state index in [1.54, 1.807) is 6.92 Å². The second kappa shape index (κ2) is 21.5. The highest BCUT2D eigenvalue weighted by atomic mass is 16.5. The van der Waals surface area contributed by atoms with Gasteiger partial charge in [0.25, 0.3) is 0 Å². The third kappa shape index (κ3) is 11.0. The van der Waals surface area contributed by atoms with E-state index >= 15 is 0 Å². The standard InChI is InChI=1S/C55H76N4O6/c1-13-39-34(7)41-29-46-48(38(11)60)36(9)43(57-46)27-42-35(8)40(52(58-42)50-51(55(63)64-12)54(62)49-37(10)44(59-53(49)50)28-45(39)56-41)23-24-47(61)65-26-25-33(6)22-16-21-32(5)20-15-19-31(4)18-14-17-30(2)3/h13,25,27-32,34-35,40,51,57,59-60,62H,14-24,26H2,1-12H3/b33-25+,39-13+,42-27?,45-28?,46-29?,48-38+/t31-,32-,34-,35+,40+,51-/m1/s1. The molecule has 0 unspecified atom stereocenters. The maximum atomic E-state index is 13.7. The molecule has 3 aliphatic rings. The third-order valence-electron chi connectivity index (χ3n) is 14.5. The first-order valence-corrected chi connectivity index (χ1v) is 24.4. The molecule has 10 nitrogen and oxygen atoms in total. The van der Waals surface area contributed by atoms with Crippen molar-refractivity contribution in [1.29, 1.82) is 0 Å². The summed E-state index contributed by atoms with van der Waals surface area (Å²) in [5.41, 5.74) is 10.4. The first-order valence-electron chi connectivity index (χ1n) is 24.4. The van der Waals surface area contributed by atoms with Crippen LogP contribution in [0.1, 0.15) is 196 Å². The summed E-state index contributed by atoms with van der Waals surface area (Å²) < 4.78 is 11.1. The van der Waals surface area contributed by atoms with Crippen molar-refractivity contribution in [1.82, 2.24) is 19.9 Å². The monoisotopic (exact) mass is 889 g/mol. The number of aromatic amines is 2. The second-order valence-corrected chi connectivity index (χ2v) is 20.0. The summed E-state index contributed by atoms with van der Waals surface area (Å²) in [7, 11) is 1.32. The summed E-state index contributed by atoms with van der Waals surface area (Å²) in [5, 5.41) is 24.2. The minimum Gasteiger partial charge on any atom is -0.512 e. The molecule has 352 valence electrons. The van der Waals surface area contributed by atoms with Gasteiger partial charge in [-0.15, -0.1) is 0 Å². The van der Waals surface area contributed by atoms with Crippen LogP contribution in [0.5, 0.6) is 0 Å². The Morgan fingerprint density at radius 3 is 2.14 bits per heavy atom. The Kier molecular flexibility index (Phi) is 16.3. The number of aliphatic hydroxyl groups is 2. The average Bonchev–Trinajstić information content (AvgIpc) is 4.00. The van der Waals surface area contributed by atoms with Crippen LogP contribution in [0.15, 0.2) is 35.9 Å². The van der Waals surface area contributed by atoms with Gasteiger partial charge in [0.05, 0.1) is 41.0 Å². The lowest BCUT2D eigenvalue weighted by atomic mass is 9.84. The van der Waals surface area contributed by atoms with Crippen LogP contribution in [0.3, 0.4) is 0 Å². The van der Waals surface area contributed by atoms with Gasteiger partial charge in [-0.25, -0.2) is 0 Å². The molecule has 2 aliphatic heterocycles. The highest BCUT2D eigenvalue weighted by Crippen LogP contribution is 2.46. The molecule has 0 radical (unpaired) electrons. The van der Waals surface area contributed by atoms with Crippen LogP contribution in [0.25, 0.3) is 39.2 Å². The molecule has 3 aromatic heterocycles. The van der Waals surface area contributed by atoms with Crippen molar-refractivity contribution in [2.45, 2.75) is 170 Å². The van der Waals surface area contributed by atoms with Crippen molar-refractivity contribution >= 4 is 51.1 Å². The zero-order chi connectivity index (χ0) is 47.3. The topological polar surface area (TPSA) is 150 Å². The Hall–Kier alpha value is -5.12. The fourth-order valence-electron chi connectivity index (χ4n) is 10.5. The fraction of sp³-hybridized carbons (Fsp3) is 0.564. The Morgan fingerprint density at radius 2 is 1.49 bits per heavy atom. The van der Waals surface area contributed by atoms with Gasteiger partial charge in [-0.3, -0.25) is 19.6 Å². The van der Waals surface area contributed by atoms with Crippen LogP contribution in [0.2, 0.25) is 0 Å². The van der Waals surface area contributed by atoms with E-state index < -0.39 is 11.9 Å². The second-order valence-electron chi connectivity index (χ2n) is 20.0. The number of aromatic nitrogens is 4. The average molecular weight is 889 g/mol. The van der Waals surface area contributed by atoms with Crippen LogP contribution in [-0.4, -0.2) is 55.8 Å². The normalized spacial score (nSPS) is 20.4. The van der Waals surface area contributed by atoms with Crippen LogP contribution in [-0.2, 0) is 19.1 Å². The SMILES string of the molecule is C/C=C1/c2cc3[nH]c4c(c5nc(cc6[nH]c(cc(n2)[C@@H]1C)/c(=C(\C)O)c6C)[C@@H](C)[C@@H]5CCC(=O)OC/C=C(\C)CCC[C@H](C)CCC[C@H](C)CCCC(C)C)[C@@H](C(=O)OC)C(O)=c4c3C. The summed E-state index contributed by atoms with van der Waals surface area (Å²) in [6.45, 7) is 23.5. The predicted octanol–water partition coefficient (Wildman–Crippen LogP) is 12.4. The van der Waals surface area contributed by atoms with Gasteiger partial charge in [-0.1, -0.05) is 98.1 Å². The number of aryl methyl sites for hydroxylation is 2. The first kappa shape index (κ1) is 49.3. The fourth-order valence-corrected chi connectivity index (χ4v) is 10.5. The van der Waals surface area contributed by atoms with Crippen molar-refractivity contribution in [3.8, 4) is 0 Å². The van der Waals surface area contributed by atoms with Crippen molar-refractivity contribution in [2.75, 3.05) is 13.7 Å². The van der Waals surface area contributed by atoms with Crippen molar-refractivity contribution in [3.05, 3.63) is 85.8 Å². The van der Waals surface area contributed by atoms with E-state index in [1.165, 1.54) is 57.6 Å². The lowest BCUT2D eigenvalue weighted by molar-refractivity contribution is -0.143. The molecule has 5 heterocycles. The van der Waals surface area contributed by atoms with Crippen molar-refractivity contribution in [3.63, 3.8) is 0 Å². The smallest absolute Gasteiger partial charge is 0.321 e. The minimum absolute atomic E-state index is 0.0158. The van der Waals surface area contributed by atoms with Gasteiger partial charge in [0, 0.05) is 56.9 Å². The Bertz CT molecular complexity index is 2610. The maximum Gasteiger partial charge on any atom is 0.321 e. The molecule has 0 fully saturated rings. The Morgan fingerprint density at radius 1 is 0.846 bits per heavy atom. The number of hydrogen-bond acceptors (Lipinski definition) is 8. The number of nitrogens with one attached hydrogen (secondary N) is 2. The van der Waals surface area contributed by atoms with E-state index in [9.17, 15) is 19.8 Å². The molecule has 0 spiro atoms. The largest absolute Gasteiger partial charge is 0.512 e. The van der Waals surface area contributed by atoms with Crippen LogP contribution < -0.4 is 10.4 Å². The number of nitrogens with zero attached hydrogens (tertiary/aromatic N) is 2. The van der Waals surface area contributed by atoms with Gasteiger partial charge in [-0.2, -0.15) is 0 Å². The number of fused-ring (bicyclic) bond motifs is 8. The van der Waals surface area contributed by atoms with Gasteiger partial charge in [-0.05, 0) is 113 Å². The quantitative estimate of drug-likeness (QED) is 0.0728. The Labute approximate surface area is 386 Å². The number of rotatable bonds is 18. The summed E-state index contributed by atoms with van der Waals surface area (Å²) in [4.78, 5) is 44.6. The lowest BCUT2D eigenvalue weighted by Gasteiger charge is -2.19. The van der Waals surface area contributed by atoms with E-state index in [0.29, 0.717) is 39.6 Å². The number of carbonyl (C=O) groups is 2. The number of methoxy groups -OCH3 is 1. The molecule has 10 heteroatoms. The molecule has 0 saturated heterocycles. The molecular weight excluding hydrogens is 813 g/mol. The number of allylic oxidation sites excluding steroid dienone is 3. The third-order valence-corrected chi connectivity index (χ3v) is 14.5. The summed E-state index contributed by atoms with van der Waals surface area (Å²) in [6, 6.07) is 6.00. The van der Waals surface area contributed by atoms with Gasteiger partial charge in [0.15, 0.2) is 0 Å². The summed E-state index contributed by atoms with van der Waals surface area (Å²) in [6.07, 6.45) is 15.9. The van der Waals surface area contributed by atoms with Crippen LogP contribution >= 0.6 is 0 Å². The molecule has 65 heavy (non-hydrogen) atoms. The van der Waals surface area contributed by atoms with Crippen molar-refractivity contribution < 1.29 is 29.3 Å². The van der Waals surface area contributed by atoms with Crippen LogP contribution in [0.4, 0.5) is 0 Å². The number of carbonyl (C=O) groups excluding carboxylic acids is 2. The molecule has 6 atom stereocenters. The molecule has 8 bridgehead atoms. The van der Waals surface area contributed by atoms with Gasteiger partial charge in [0.1, 0.15) is 18.3 Å². The van der Waals surface area contributed by atoms with Gasteiger partial charge in [0.2, 0.25) is 0 Å². The molecular formula is C55H76N4O6. The van der Waals surface area contributed by atoms with E-state index in [0.717, 1.165) is 75.0 Å². The van der Waals surface area contributed by atoms with Gasteiger partial charge < -0.3 is 29.7 Å². The Balaban J connectivity index is 1.26. The van der Waals surface area contributed by atoms with E-state index in [-0.39, 0.29) is 48.3 Å². The predicted molar refractivity (Wildman–Crippen MR) is 264 cm³/mol. The summed E-state index contributed by atoms with van der Waals surface area (Å²) >= 11 is 0. The summed E-state index contributed by atoms with van der Waals surface area (Å²) in [5.74, 6) is -0.0608. The van der Waals surface area contributed by atoms with E-state index in [4.69, 9.17) is 19.4 Å². The van der Waals surface area contributed by atoms with Gasteiger partial charge >= 0.3 is 11.9 Å². The minimum atomic E-state index is -1.10. The zero-order valence-corrected chi connectivity index (χ0v) is 41.3. The first-order chi connectivity index (χ1) is 30.9. The molecule has 0 aromatic carbocycles. The van der Waals surface area contributed by atoms with E-state index in [1.807, 2.05) is 45.0 Å². The number of ether oxygens (including phenoxy) is 2. The molecule has 1 aliphatic carbocycles. The molecule has 4 N–H and O–H groups in total. The number of aliphatic hydroxyl groups excluding tert-OH is 2. The highest BCUT2D eigenvalue weighted by Gasteiger charge is 2.41. The number of esters is 2. The molecule has 0 amide bonds. The maximum absolute atomic E-state index is 13.7. The molecule has 0 saturated carbocycles. The molecule has 6 rings (SSSR count). The van der Waals surface area contributed by atoms with Crippen LogP contribution in [0, 0.1) is 31.6 Å².